The third kappa shape index (κ3) is 4.63. The molecule has 0 saturated heterocycles. The van der Waals surface area contributed by atoms with E-state index in [9.17, 15) is 0 Å². The van der Waals surface area contributed by atoms with Crippen molar-refractivity contribution in [2.75, 3.05) is 0 Å². The molecule has 0 aliphatic heterocycles. The topological polar surface area (TPSA) is 39.4 Å². The first-order valence-corrected chi connectivity index (χ1v) is 2.97. The molecule has 2 nitrogen and oxygen atoms in total. The first kappa shape index (κ1) is 12.4. The zero-order valence-electron chi connectivity index (χ0n) is 5.91. The number of hydrogen-bond donors (Lipinski definition) is 0. The third-order valence-electron chi connectivity index (χ3n) is 1.26. The Morgan fingerprint density at radius 3 is 2.40 bits per heavy atom. The second kappa shape index (κ2) is 8.77. The smallest absolute Gasteiger partial charge is 0 e. The van der Waals surface area contributed by atoms with Crippen LogP contribution in [-0.4, -0.2) is 0 Å². The van der Waals surface area contributed by atoms with Crippen molar-refractivity contribution in [3.63, 3.8) is 0 Å². The summed E-state index contributed by atoms with van der Waals surface area (Å²) in [7, 11) is 0. The van der Waals surface area contributed by atoms with Crippen molar-refractivity contribution in [2.24, 2.45) is 0 Å². The maximum atomic E-state index is 7.25. The van der Waals surface area contributed by atoms with Gasteiger partial charge in [-0.05, 0) is 12.8 Å². The summed E-state index contributed by atoms with van der Waals surface area (Å²) in [6.45, 7) is 2.18. The Kier molecular flexibility index (Phi) is 10.9. The molecule has 0 heterocycles. The molecule has 0 aromatic rings. The Labute approximate surface area is 75.4 Å². The first-order valence-electron chi connectivity index (χ1n) is 2.97. The second-order valence-electron chi connectivity index (χ2n) is 1.77. The number of rotatable bonds is 1. The van der Waals surface area contributed by atoms with E-state index in [1.165, 1.54) is 12.0 Å². The molecule has 1 aliphatic carbocycles. The number of hydrogen-bond acceptors (Lipinski definition) is 1. The molecule has 0 saturated carbocycles. The molecule has 0 radical (unpaired) electrons. The molecule has 0 fully saturated rings. The molecule has 3 heteroatoms. The van der Waals surface area contributed by atoms with Crippen LogP contribution in [-0.2, 0) is 21.1 Å². The van der Waals surface area contributed by atoms with Crippen LogP contribution >= 0.6 is 0 Å². The minimum absolute atomic E-state index is 0. The fraction of sp³-hybridized carbons (Fsp3) is 0.429. The van der Waals surface area contributed by atoms with Crippen molar-refractivity contribution >= 4 is 0 Å². The van der Waals surface area contributed by atoms with Gasteiger partial charge in [-0.3, -0.25) is 0 Å². The van der Waals surface area contributed by atoms with Crippen LogP contribution in [0.3, 0.4) is 0 Å². The summed E-state index contributed by atoms with van der Waals surface area (Å²) >= 11 is 0. The van der Waals surface area contributed by atoms with Gasteiger partial charge in [-0.15, -0.1) is 0 Å². The number of allylic oxidation sites excluding steroid dienone is 4. The van der Waals surface area contributed by atoms with Crippen LogP contribution in [0.5, 0.6) is 0 Å². The van der Waals surface area contributed by atoms with Crippen molar-refractivity contribution in [2.45, 2.75) is 19.8 Å². The van der Waals surface area contributed by atoms with E-state index in [0.29, 0.717) is 0 Å². The summed E-state index contributed by atoms with van der Waals surface area (Å²) in [5.41, 5.74) is 7.24. The van der Waals surface area contributed by atoms with E-state index in [2.05, 4.69) is 25.2 Å². The van der Waals surface area contributed by atoms with Gasteiger partial charge in [0.05, 0.1) is 0 Å². The summed E-state index contributed by atoms with van der Waals surface area (Å²) in [6, 6.07) is 0. The molecule has 0 amide bonds. The Balaban J connectivity index is 0. The van der Waals surface area contributed by atoms with Crippen LogP contribution in [0, 0.1) is 4.91 Å². The Morgan fingerprint density at radius 1 is 1.60 bits per heavy atom. The van der Waals surface area contributed by atoms with Crippen molar-refractivity contribution in [3.05, 3.63) is 34.3 Å². The van der Waals surface area contributed by atoms with E-state index in [1.54, 1.807) is 0 Å². The molecule has 0 atom stereocenters. The largest absolute Gasteiger partial charge is 0.577 e. The number of nitrogens with zero attached hydrogens (tertiary/aromatic N) is 1. The molecule has 0 spiro atoms. The molecule has 0 unspecified atom stereocenters. The van der Waals surface area contributed by atoms with Crippen LogP contribution < -0.4 is 0 Å². The fourth-order valence-electron chi connectivity index (χ4n) is 0.769. The maximum Gasteiger partial charge on any atom is 0 e. The van der Waals surface area contributed by atoms with Gasteiger partial charge in [0.2, 0.25) is 0 Å². The molecule has 0 bridgehead atoms. The first-order chi connectivity index (χ1) is 4.43. The van der Waals surface area contributed by atoms with E-state index in [0.717, 1.165) is 6.42 Å². The second-order valence-corrected chi connectivity index (χ2v) is 1.77. The molecule has 0 aromatic carbocycles. The predicted molar refractivity (Wildman–Crippen MR) is 38.9 cm³/mol. The van der Waals surface area contributed by atoms with Gasteiger partial charge < -0.3 is 10.5 Å². The Morgan fingerprint density at radius 2 is 2.20 bits per heavy atom. The molecule has 1 rings (SSSR count). The summed E-state index contributed by atoms with van der Waals surface area (Å²) in [6.07, 6.45) is 9.00. The van der Waals surface area contributed by atoms with Gasteiger partial charge in [0.25, 0.3) is 0 Å². The van der Waals surface area contributed by atoms with E-state index < -0.39 is 0 Å². The van der Waals surface area contributed by atoms with Gasteiger partial charge in [-0.25, -0.2) is 0 Å². The van der Waals surface area contributed by atoms with E-state index in [1.807, 2.05) is 0 Å². The van der Waals surface area contributed by atoms with Crippen LogP contribution in [0.4, 0.5) is 0 Å². The summed E-state index contributed by atoms with van der Waals surface area (Å²) in [5, 5.41) is 0. The van der Waals surface area contributed by atoms with Crippen molar-refractivity contribution in [3.8, 4) is 0 Å². The van der Waals surface area contributed by atoms with Crippen LogP contribution in [0.2, 0.25) is 0 Å². The predicted octanol–water partition coefficient (Wildman–Crippen LogP) is 2.60. The van der Waals surface area contributed by atoms with Gasteiger partial charge in [-0.1, -0.05) is 30.7 Å². The average molecular weight is 308 g/mol. The van der Waals surface area contributed by atoms with Crippen LogP contribution in [0.1, 0.15) is 19.8 Å². The van der Waals surface area contributed by atoms with Gasteiger partial charge in [0.15, 0.2) is 0 Å². The van der Waals surface area contributed by atoms with Gasteiger partial charge >= 0.3 is 0 Å². The minimum Gasteiger partial charge on any atom is -0.577 e. The molecule has 0 aromatic heterocycles. The summed E-state index contributed by atoms with van der Waals surface area (Å²) in [4.78, 5) is 7.25. The van der Waals surface area contributed by atoms with Crippen LogP contribution in [0.15, 0.2) is 23.8 Å². The number of nitroso groups, excluding NO2 is 1. The fourth-order valence-corrected chi connectivity index (χ4v) is 0.769. The molecular formula is C7H10NOW-. The summed E-state index contributed by atoms with van der Waals surface area (Å²) in [5.74, 6) is 0. The van der Waals surface area contributed by atoms with E-state index in [4.69, 9.17) is 10.5 Å². The van der Waals surface area contributed by atoms with Gasteiger partial charge in [-0.2, -0.15) is 0 Å². The van der Waals surface area contributed by atoms with Gasteiger partial charge in [0.1, 0.15) is 0 Å². The van der Waals surface area contributed by atoms with E-state index >= 15 is 0 Å². The quantitative estimate of drug-likeness (QED) is 0.734. The van der Waals surface area contributed by atoms with Crippen molar-refractivity contribution in [1.29, 1.82) is 0 Å². The van der Waals surface area contributed by atoms with Crippen LogP contribution in [0.25, 0.3) is 5.59 Å². The van der Waals surface area contributed by atoms with Crippen molar-refractivity contribution in [1.82, 2.24) is 0 Å². The van der Waals surface area contributed by atoms with Gasteiger partial charge in [0, 0.05) is 21.1 Å². The minimum atomic E-state index is 0. The molecular weight excluding hydrogens is 298 g/mol. The monoisotopic (exact) mass is 308 g/mol. The normalized spacial score (nSPS) is 12.7. The SMILES string of the molecule is CCC1=CCC=C1.[N-]=O.[W]. The van der Waals surface area contributed by atoms with Crippen molar-refractivity contribution < 1.29 is 21.1 Å². The third-order valence-corrected chi connectivity index (χ3v) is 1.26. The molecule has 1 aliphatic rings. The van der Waals surface area contributed by atoms with E-state index in [-0.39, 0.29) is 21.1 Å². The zero-order chi connectivity index (χ0) is 7.11. The summed E-state index contributed by atoms with van der Waals surface area (Å²) < 4.78 is 0. The Bertz CT molecular complexity index is 132. The molecule has 0 N–H and O–H groups in total. The maximum absolute atomic E-state index is 7.25. The standard InChI is InChI=1S/C7H10.NO.W/c1-2-7-5-3-4-6-7;1-2;/h3,5-6H,2,4H2,1H3;;/q;-1;. The average Bonchev–Trinajstić information content (AvgIpc) is 2.43. The molecule has 56 valence electrons. The molecule has 10 heavy (non-hydrogen) atoms. The Hall–Kier alpha value is -0.232. The zero-order valence-corrected chi connectivity index (χ0v) is 8.84.